The number of benzene rings is 1. The van der Waals surface area contributed by atoms with E-state index in [1.54, 1.807) is 35.1 Å². The average molecular weight is 507 g/mol. The van der Waals surface area contributed by atoms with Crippen molar-refractivity contribution < 1.29 is 23.5 Å². The number of ether oxygens (including phenoxy) is 2. The first kappa shape index (κ1) is 26.9. The Bertz CT molecular complexity index is 923. The van der Waals surface area contributed by atoms with Gasteiger partial charge in [0, 0.05) is 27.6 Å². The fourth-order valence-electron chi connectivity index (χ4n) is 4.10. The van der Waals surface area contributed by atoms with Gasteiger partial charge < -0.3 is 18.8 Å². The minimum Gasteiger partial charge on any atom is -0.497 e. The van der Waals surface area contributed by atoms with Gasteiger partial charge in [0.2, 0.25) is 0 Å². The van der Waals surface area contributed by atoms with Gasteiger partial charge in [0.05, 0.1) is 24.5 Å². The van der Waals surface area contributed by atoms with E-state index in [2.05, 4.69) is 53.5 Å². The smallest absolute Gasteiger partial charge is 0.256 e. The first-order chi connectivity index (χ1) is 15.6. The predicted octanol–water partition coefficient (Wildman–Crippen LogP) is 4.96. The molecule has 1 aromatic carbocycles. The number of methoxy groups -OCH3 is 1. The van der Waals surface area contributed by atoms with Gasteiger partial charge in [-0.3, -0.25) is 14.5 Å². The molecule has 2 atom stereocenters. The highest BCUT2D eigenvalue weighted by molar-refractivity contribution is 6.76. The summed E-state index contributed by atoms with van der Waals surface area (Å²) >= 11 is 0. The Labute approximate surface area is 206 Å². The fourth-order valence-corrected chi connectivity index (χ4v) is 6.22. The Kier molecular flexibility index (Phi) is 7.72. The van der Waals surface area contributed by atoms with E-state index < -0.39 is 22.4 Å². The maximum Gasteiger partial charge on any atom is 0.256 e. The van der Waals surface area contributed by atoms with Gasteiger partial charge >= 0.3 is 0 Å². The summed E-state index contributed by atoms with van der Waals surface area (Å²) in [5, 5.41) is 0.0528. The van der Waals surface area contributed by atoms with Crippen LogP contribution in [-0.4, -0.2) is 72.2 Å². The van der Waals surface area contributed by atoms with E-state index in [1.807, 2.05) is 0 Å². The highest BCUT2D eigenvalue weighted by Gasteiger charge is 2.48. The van der Waals surface area contributed by atoms with Crippen molar-refractivity contribution in [1.82, 2.24) is 4.90 Å². The molecule has 2 amide bonds. The van der Waals surface area contributed by atoms with Gasteiger partial charge in [-0.15, -0.1) is 0 Å². The summed E-state index contributed by atoms with van der Waals surface area (Å²) in [5.41, 5.74) is 1.05. The molecule has 34 heavy (non-hydrogen) atoms. The van der Waals surface area contributed by atoms with Crippen molar-refractivity contribution in [1.29, 1.82) is 0 Å². The van der Waals surface area contributed by atoms with Crippen molar-refractivity contribution >= 4 is 33.9 Å². The Balaban J connectivity index is 1.89. The number of carbonyl (C=O) groups is 2. The molecule has 0 radical (unpaired) electrons. The van der Waals surface area contributed by atoms with E-state index in [4.69, 9.17) is 13.9 Å². The fraction of sp³-hybridized carbons (Fsp3) is 0.680. The van der Waals surface area contributed by atoms with Crippen molar-refractivity contribution in [2.75, 3.05) is 31.9 Å². The van der Waals surface area contributed by atoms with Gasteiger partial charge in [0.1, 0.15) is 18.5 Å². The maximum atomic E-state index is 13.8. The summed E-state index contributed by atoms with van der Waals surface area (Å²) in [6, 6.07) is 5.76. The SMILES string of the molecule is COc1ccc2c(c1)C(=O)N1CC(O[Si](C)(C)C(C)(C)C)CC1C(=O)N2COCC[Si](C)(C)C. The molecule has 1 fully saturated rings. The number of carbonyl (C=O) groups excluding carboxylic acids is 2. The van der Waals surface area contributed by atoms with Crippen LogP contribution >= 0.6 is 0 Å². The third kappa shape index (κ3) is 5.75. The van der Waals surface area contributed by atoms with Crippen molar-refractivity contribution in [2.24, 2.45) is 0 Å². The molecule has 2 aliphatic rings. The number of anilines is 1. The Morgan fingerprint density at radius 2 is 1.76 bits per heavy atom. The maximum absolute atomic E-state index is 13.8. The zero-order chi connectivity index (χ0) is 25.5. The van der Waals surface area contributed by atoms with Gasteiger partial charge in [-0.05, 0) is 42.4 Å². The molecule has 0 N–H and O–H groups in total. The molecule has 190 valence electrons. The zero-order valence-corrected chi connectivity index (χ0v) is 24.4. The standard InChI is InChI=1S/C25H42N2O5Si2/c1-25(2,3)34(8,9)32-19-15-22-24(29)27(17-31-12-13-33(5,6)7)21-11-10-18(30-4)14-20(21)23(28)26(22)16-19/h10-11,14,19,22H,12-13,15-17H2,1-9H3. The number of hydrogen-bond donors (Lipinski definition) is 0. The van der Waals surface area contributed by atoms with Gasteiger partial charge in [-0.1, -0.05) is 40.4 Å². The van der Waals surface area contributed by atoms with Crippen LogP contribution in [0, 0.1) is 0 Å². The summed E-state index contributed by atoms with van der Waals surface area (Å²) in [6.45, 7) is 19.1. The number of nitrogens with zero attached hydrogens (tertiary/aromatic N) is 2. The molecule has 2 aliphatic heterocycles. The monoisotopic (exact) mass is 506 g/mol. The van der Waals surface area contributed by atoms with Crippen molar-refractivity contribution in [2.45, 2.75) is 83.2 Å². The highest BCUT2D eigenvalue weighted by Crippen LogP contribution is 2.40. The molecule has 9 heteroatoms. The van der Waals surface area contributed by atoms with Crippen LogP contribution in [0.5, 0.6) is 5.75 Å². The molecule has 3 rings (SSSR count). The molecular formula is C25H42N2O5Si2. The third-order valence-corrected chi connectivity index (χ3v) is 13.5. The summed E-state index contributed by atoms with van der Waals surface area (Å²) in [6.07, 6.45) is 0.355. The van der Waals surface area contributed by atoms with Crippen molar-refractivity contribution in [3.8, 4) is 5.75 Å². The lowest BCUT2D eigenvalue weighted by Gasteiger charge is -2.38. The second kappa shape index (κ2) is 9.75. The van der Waals surface area contributed by atoms with Crippen LogP contribution in [0.2, 0.25) is 43.8 Å². The molecule has 0 spiro atoms. The van der Waals surface area contributed by atoms with Crippen LogP contribution in [0.15, 0.2) is 18.2 Å². The van der Waals surface area contributed by atoms with E-state index in [1.165, 1.54) is 0 Å². The van der Waals surface area contributed by atoms with E-state index >= 15 is 0 Å². The summed E-state index contributed by atoms with van der Waals surface area (Å²) in [5.74, 6) is 0.329. The molecule has 2 heterocycles. The van der Waals surface area contributed by atoms with Crippen LogP contribution < -0.4 is 9.64 Å². The molecule has 0 aliphatic carbocycles. The number of fused-ring (bicyclic) bond motifs is 2. The minimum atomic E-state index is -2.04. The third-order valence-electron chi connectivity index (χ3n) is 7.28. The van der Waals surface area contributed by atoms with Crippen LogP contribution in [0.1, 0.15) is 37.6 Å². The van der Waals surface area contributed by atoms with Crippen LogP contribution in [0.4, 0.5) is 5.69 Å². The molecular weight excluding hydrogens is 464 g/mol. The largest absolute Gasteiger partial charge is 0.497 e. The highest BCUT2D eigenvalue weighted by atomic mass is 28.4. The second-order valence-corrected chi connectivity index (χ2v) is 22.6. The molecule has 0 bridgehead atoms. The average Bonchev–Trinajstić information content (AvgIpc) is 3.11. The lowest BCUT2D eigenvalue weighted by atomic mass is 10.1. The summed E-state index contributed by atoms with van der Waals surface area (Å²) in [7, 11) is -1.72. The summed E-state index contributed by atoms with van der Waals surface area (Å²) < 4.78 is 18.0. The van der Waals surface area contributed by atoms with Gasteiger partial charge in [-0.2, -0.15) is 0 Å². The molecule has 2 unspecified atom stereocenters. The van der Waals surface area contributed by atoms with Gasteiger partial charge in [0.25, 0.3) is 11.8 Å². The van der Waals surface area contributed by atoms with Gasteiger partial charge in [0.15, 0.2) is 8.32 Å². The normalized spacial score (nSPS) is 21.4. The molecule has 0 saturated carbocycles. The Morgan fingerprint density at radius 1 is 1.09 bits per heavy atom. The van der Waals surface area contributed by atoms with E-state index in [9.17, 15) is 9.59 Å². The summed E-state index contributed by atoms with van der Waals surface area (Å²) in [4.78, 5) is 30.8. The predicted molar refractivity (Wildman–Crippen MR) is 141 cm³/mol. The van der Waals surface area contributed by atoms with Crippen LogP contribution in [-0.2, 0) is 14.0 Å². The topological polar surface area (TPSA) is 68.3 Å². The zero-order valence-electron chi connectivity index (χ0n) is 22.4. The molecule has 1 aromatic rings. The molecule has 0 aromatic heterocycles. The first-order valence-corrected chi connectivity index (χ1v) is 18.8. The van der Waals surface area contributed by atoms with Crippen LogP contribution in [0.25, 0.3) is 0 Å². The Hall–Kier alpha value is -1.69. The quantitative estimate of drug-likeness (QED) is 0.368. The molecule has 1 saturated heterocycles. The van der Waals surface area contributed by atoms with Crippen molar-refractivity contribution in [3.05, 3.63) is 23.8 Å². The van der Waals surface area contributed by atoms with Crippen molar-refractivity contribution in [3.63, 3.8) is 0 Å². The molecule has 7 nitrogen and oxygen atoms in total. The number of amides is 2. The lowest BCUT2D eigenvalue weighted by Crippen LogP contribution is -2.45. The number of rotatable bonds is 8. The van der Waals surface area contributed by atoms with Gasteiger partial charge in [-0.25, -0.2) is 0 Å². The Morgan fingerprint density at radius 3 is 2.35 bits per heavy atom. The lowest BCUT2D eigenvalue weighted by molar-refractivity contribution is -0.123. The van der Waals surface area contributed by atoms with E-state index in [0.717, 1.165) is 6.04 Å². The first-order valence-electron chi connectivity index (χ1n) is 12.2. The van der Waals surface area contributed by atoms with E-state index in [-0.39, 0.29) is 29.7 Å². The minimum absolute atomic E-state index is 0.0528. The van der Waals surface area contributed by atoms with E-state index in [0.29, 0.717) is 36.6 Å². The number of hydrogen-bond acceptors (Lipinski definition) is 5. The second-order valence-electron chi connectivity index (χ2n) is 12.2. The van der Waals surface area contributed by atoms with Crippen LogP contribution in [0.3, 0.4) is 0 Å².